The van der Waals surface area contributed by atoms with Gasteiger partial charge >= 0.3 is 5.97 Å². The van der Waals surface area contributed by atoms with E-state index in [0.717, 1.165) is 42.6 Å². The first-order chi connectivity index (χ1) is 23.8. The lowest BCUT2D eigenvalue weighted by molar-refractivity contribution is -0.142. The highest BCUT2D eigenvalue weighted by Gasteiger charge is 2.47. The maximum absolute atomic E-state index is 13.1. The third kappa shape index (κ3) is 9.54. The molecule has 1 aliphatic carbocycles. The van der Waals surface area contributed by atoms with Crippen LogP contribution in [0.1, 0.15) is 59.4 Å². The Morgan fingerprint density at radius 2 is 1.29 bits per heavy atom. The number of hydrogen-bond acceptors (Lipinski definition) is 7. The fraction of sp³-hybridized carbons (Fsp3) is 0.350. The molecule has 5 rings (SSSR count). The molecule has 9 nitrogen and oxygen atoms in total. The van der Waals surface area contributed by atoms with Crippen LogP contribution in [0.2, 0.25) is 0 Å². The molecule has 260 valence electrons. The van der Waals surface area contributed by atoms with Gasteiger partial charge in [0.1, 0.15) is 0 Å². The molecular weight excluding hydrogens is 620 g/mol. The zero-order valence-corrected chi connectivity index (χ0v) is 29.0. The molecule has 0 saturated heterocycles. The molecule has 0 aliphatic heterocycles. The maximum atomic E-state index is 13.1. The second-order valence-electron chi connectivity index (χ2n) is 11.8. The number of benzene rings is 4. The number of carboxylic acid groups (broad SMARTS) is 1. The molecule has 0 spiro atoms. The first-order valence-corrected chi connectivity index (χ1v) is 16.6. The van der Waals surface area contributed by atoms with E-state index in [1.807, 2.05) is 36.4 Å². The van der Waals surface area contributed by atoms with E-state index in [2.05, 4.69) is 54.0 Å². The quantitative estimate of drug-likeness (QED) is 0.122. The topological polar surface area (TPSA) is 115 Å². The zero-order valence-electron chi connectivity index (χ0n) is 29.0. The van der Waals surface area contributed by atoms with Gasteiger partial charge in [-0.05, 0) is 71.5 Å². The van der Waals surface area contributed by atoms with Gasteiger partial charge in [-0.1, -0.05) is 73.7 Å². The van der Waals surface area contributed by atoms with Gasteiger partial charge < -0.3 is 34.7 Å². The lowest BCUT2D eigenvalue weighted by Crippen LogP contribution is -2.30. The van der Waals surface area contributed by atoms with Crippen LogP contribution in [-0.4, -0.2) is 58.5 Å². The number of hydrogen-bond donors (Lipinski definition) is 3. The Morgan fingerprint density at radius 1 is 0.714 bits per heavy atom. The normalized spacial score (nSPS) is 16.1. The van der Waals surface area contributed by atoms with Crippen molar-refractivity contribution >= 4 is 11.9 Å². The van der Waals surface area contributed by atoms with Crippen LogP contribution >= 0.6 is 0 Å². The summed E-state index contributed by atoms with van der Waals surface area (Å²) >= 11 is 0. The summed E-state index contributed by atoms with van der Waals surface area (Å²) in [5, 5.41) is 16.7. The van der Waals surface area contributed by atoms with Crippen molar-refractivity contribution in [1.29, 1.82) is 0 Å². The van der Waals surface area contributed by atoms with Crippen LogP contribution in [0.15, 0.2) is 91.0 Å². The average molecular weight is 669 g/mol. The zero-order chi connectivity index (χ0) is 35.2. The monoisotopic (exact) mass is 668 g/mol. The lowest BCUT2D eigenvalue weighted by atomic mass is 9.81. The number of rotatable bonds is 15. The highest BCUT2D eigenvalue weighted by atomic mass is 16.5. The van der Waals surface area contributed by atoms with Gasteiger partial charge in [0.2, 0.25) is 5.91 Å². The van der Waals surface area contributed by atoms with Crippen molar-refractivity contribution in [1.82, 2.24) is 10.6 Å². The van der Waals surface area contributed by atoms with Crippen LogP contribution in [-0.2, 0) is 22.6 Å². The Kier molecular flexibility index (Phi) is 13.9. The van der Waals surface area contributed by atoms with E-state index in [-0.39, 0.29) is 12.3 Å². The number of carboxylic acids is 1. The SMILES string of the molecule is CCNCc1ccccc1.COc1ccc(C2c3cc(OC)c(OC)cc3C(CC(=O)NCCCc3ccccc3)C2C(=O)O)cc1OC. The van der Waals surface area contributed by atoms with Crippen LogP contribution in [0.5, 0.6) is 23.0 Å². The van der Waals surface area contributed by atoms with Crippen molar-refractivity contribution in [2.24, 2.45) is 5.92 Å². The molecule has 4 aromatic rings. The lowest BCUT2D eigenvalue weighted by Gasteiger charge is -2.23. The van der Waals surface area contributed by atoms with Crippen molar-refractivity contribution in [2.45, 2.75) is 44.6 Å². The molecular formula is C40H48N2O7. The van der Waals surface area contributed by atoms with Crippen molar-refractivity contribution < 1.29 is 33.6 Å². The van der Waals surface area contributed by atoms with Crippen molar-refractivity contribution in [2.75, 3.05) is 41.5 Å². The van der Waals surface area contributed by atoms with Crippen LogP contribution in [0, 0.1) is 5.92 Å². The van der Waals surface area contributed by atoms with Gasteiger partial charge in [0.05, 0.1) is 34.4 Å². The molecule has 0 bridgehead atoms. The van der Waals surface area contributed by atoms with Crippen LogP contribution < -0.4 is 29.6 Å². The summed E-state index contributed by atoms with van der Waals surface area (Å²) < 4.78 is 22.0. The molecule has 9 heteroatoms. The fourth-order valence-electron chi connectivity index (χ4n) is 6.41. The van der Waals surface area contributed by atoms with Gasteiger partial charge in [0.15, 0.2) is 23.0 Å². The van der Waals surface area contributed by atoms with Gasteiger partial charge in [0, 0.05) is 31.3 Å². The molecule has 0 radical (unpaired) electrons. The number of aliphatic carboxylic acids is 1. The minimum atomic E-state index is -0.981. The van der Waals surface area contributed by atoms with Crippen molar-refractivity contribution in [3.8, 4) is 23.0 Å². The molecule has 0 aromatic heterocycles. The number of carbonyl (C=O) groups is 2. The predicted octanol–water partition coefficient (Wildman–Crippen LogP) is 6.59. The highest BCUT2D eigenvalue weighted by molar-refractivity contribution is 5.82. The number of ether oxygens (including phenoxy) is 4. The number of methoxy groups -OCH3 is 4. The number of fused-ring (bicyclic) bond motifs is 1. The summed E-state index contributed by atoms with van der Waals surface area (Å²) in [6, 6.07) is 29.5. The third-order valence-electron chi connectivity index (χ3n) is 8.80. The molecule has 0 heterocycles. The van der Waals surface area contributed by atoms with Gasteiger partial charge in [-0.25, -0.2) is 0 Å². The molecule has 0 fully saturated rings. The molecule has 49 heavy (non-hydrogen) atoms. The van der Waals surface area contributed by atoms with E-state index in [9.17, 15) is 14.7 Å². The first-order valence-electron chi connectivity index (χ1n) is 16.6. The summed E-state index contributed by atoms with van der Waals surface area (Å²) in [7, 11) is 6.17. The second-order valence-corrected chi connectivity index (χ2v) is 11.8. The highest BCUT2D eigenvalue weighted by Crippen LogP contribution is 2.54. The Morgan fingerprint density at radius 3 is 1.86 bits per heavy atom. The fourth-order valence-corrected chi connectivity index (χ4v) is 6.41. The van der Waals surface area contributed by atoms with Gasteiger partial charge in [-0.3, -0.25) is 9.59 Å². The van der Waals surface area contributed by atoms with Crippen LogP contribution in [0.25, 0.3) is 0 Å². The molecule has 4 aromatic carbocycles. The Bertz CT molecular complexity index is 1650. The van der Waals surface area contributed by atoms with Gasteiger partial charge in [-0.15, -0.1) is 0 Å². The molecule has 0 saturated carbocycles. The number of carbonyl (C=O) groups excluding carboxylic acids is 1. The van der Waals surface area contributed by atoms with Gasteiger partial charge in [0.25, 0.3) is 0 Å². The van der Waals surface area contributed by atoms with E-state index in [0.29, 0.717) is 29.5 Å². The predicted molar refractivity (Wildman–Crippen MR) is 191 cm³/mol. The Hall–Kier alpha value is -5.02. The van der Waals surface area contributed by atoms with E-state index in [4.69, 9.17) is 18.9 Å². The largest absolute Gasteiger partial charge is 0.493 e. The summed E-state index contributed by atoms with van der Waals surface area (Å²) in [5.74, 6) is -1.12. The summed E-state index contributed by atoms with van der Waals surface area (Å²) in [6.45, 7) is 4.64. The van der Waals surface area contributed by atoms with Crippen LogP contribution in [0.3, 0.4) is 0 Å². The average Bonchev–Trinajstić information content (AvgIpc) is 3.45. The standard InChI is InChI=1S/C31H35NO7.C9H13N/c1-36-24-13-12-20(15-25(24)37-2)29-22-17-27(39-4)26(38-3)16-21(22)23(30(29)31(34)35)18-28(33)32-14-8-11-19-9-6-5-7-10-19;1-2-10-8-9-6-4-3-5-7-9/h5-7,9-10,12-13,15-17,23,29-30H,8,11,14,18H2,1-4H3,(H,32,33)(H,34,35);3-7,10H,2,8H2,1H3. The second kappa shape index (κ2) is 18.5. The Balaban J connectivity index is 0.000000463. The number of amides is 1. The van der Waals surface area contributed by atoms with E-state index in [1.54, 1.807) is 32.4 Å². The number of aryl methyl sites for hydroxylation is 1. The van der Waals surface area contributed by atoms with E-state index >= 15 is 0 Å². The first kappa shape index (κ1) is 36.8. The summed E-state index contributed by atoms with van der Waals surface area (Å²) in [4.78, 5) is 25.9. The number of nitrogens with one attached hydrogen (secondary N) is 2. The van der Waals surface area contributed by atoms with Gasteiger partial charge in [-0.2, -0.15) is 0 Å². The molecule has 3 N–H and O–H groups in total. The minimum absolute atomic E-state index is 0.0363. The molecule has 1 amide bonds. The molecule has 3 unspecified atom stereocenters. The minimum Gasteiger partial charge on any atom is -0.493 e. The van der Waals surface area contributed by atoms with E-state index in [1.165, 1.54) is 25.3 Å². The molecule has 1 aliphatic rings. The molecule has 3 atom stereocenters. The smallest absolute Gasteiger partial charge is 0.308 e. The Labute approximate surface area is 289 Å². The third-order valence-corrected chi connectivity index (χ3v) is 8.80. The van der Waals surface area contributed by atoms with Crippen molar-refractivity contribution in [3.05, 3.63) is 119 Å². The summed E-state index contributed by atoms with van der Waals surface area (Å²) in [5.41, 5.74) is 4.86. The van der Waals surface area contributed by atoms with Crippen LogP contribution in [0.4, 0.5) is 0 Å². The maximum Gasteiger partial charge on any atom is 0.308 e. The van der Waals surface area contributed by atoms with E-state index < -0.39 is 23.7 Å². The van der Waals surface area contributed by atoms with Crippen molar-refractivity contribution in [3.63, 3.8) is 0 Å². The summed E-state index contributed by atoms with van der Waals surface area (Å²) in [6.07, 6.45) is 1.68.